The molecule has 152 valence electrons. The number of carbonyl (C=O) groups is 1. The molecule has 2 heterocycles. The lowest BCUT2D eigenvalue weighted by molar-refractivity contribution is -0.131. The van der Waals surface area contributed by atoms with Crippen LogP contribution < -0.4 is 10.6 Å². The van der Waals surface area contributed by atoms with Crippen molar-refractivity contribution in [1.82, 2.24) is 20.4 Å². The fraction of sp³-hybridized carbons (Fsp3) is 0.545. The minimum absolute atomic E-state index is 0.232. The molecule has 0 spiro atoms. The summed E-state index contributed by atoms with van der Waals surface area (Å²) < 4.78 is 0. The van der Waals surface area contributed by atoms with Crippen LogP contribution in [0.15, 0.2) is 41.9 Å². The van der Waals surface area contributed by atoms with Crippen molar-refractivity contribution in [3.8, 4) is 0 Å². The summed E-state index contributed by atoms with van der Waals surface area (Å²) in [5.41, 5.74) is 2.55. The Hall–Kier alpha value is -2.34. The Morgan fingerprint density at radius 3 is 2.54 bits per heavy atom. The molecular weight excluding hydrogens is 350 g/mol. The molecule has 0 radical (unpaired) electrons. The lowest BCUT2D eigenvalue weighted by Crippen LogP contribution is -2.48. The monoisotopic (exact) mass is 383 g/mol. The Morgan fingerprint density at radius 1 is 1.25 bits per heavy atom. The average molecular weight is 384 g/mol. The van der Waals surface area contributed by atoms with Gasteiger partial charge in [-0.25, -0.2) is 0 Å². The third kappa shape index (κ3) is 5.58. The van der Waals surface area contributed by atoms with Crippen LogP contribution in [0.2, 0.25) is 0 Å². The first kappa shape index (κ1) is 20.4. The minimum atomic E-state index is 0.232. The van der Waals surface area contributed by atoms with Crippen molar-refractivity contribution in [1.29, 1.82) is 0 Å². The van der Waals surface area contributed by atoms with E-state index >= 15 is 0 Å². The molecule has 0 saturated carbocycles. The summed E-state index contributed by atoms with van der Waals surface area (Å²) in [6, 6.07) is 8.76. The van der Waals surface area contributed by atoms with E-state index < -0.39 is 0 Å². The number of hydrogen-bond donors (Lipinski definition) is 2. The molecule has 0 atom stereocenters. The summed E-state index contributed by atoms with van der Waals surface area (Å²) in [4.78, 5) is 21.2. The molecule has 3 rings (SSSR count). The van der Waals surface area contributed by atoms with Gasteiger partial charge in [-0.15, -0.1) is 6.58 Å². The number of aliphatic imine (C=N–C) groups is 1. The standard InChI is InChI=1S/C22H33N5O/c1-3-13-26-14-10-20(11-15-26)25-22(23-2)24-12-6-9-21(28)27-16-18-7-4-5-8-19(18)17-27/h3-5,7-8,20H,1,6,9-17H2,2H3,(H2,23,24,25). The molecule has 2 N–H and O–H groups in total. The topological polar surface area (TPSA) is 60.0 Å². The van der Waals surface area contributed by atoms with E-state index in [0.717, 1.165) is 64.5 Å². The van der Waals surface area contributed by atoms with Crippen LogP contribution >= 0.6 is 0 Å². The molecule has 6 nitrogen and oxygen atoms in total. The third-order valence-corrected chi connectivity index (χ3v) is 5.59. The second kappa shape index (κ2) is 10.3. The number of fused-ring (bicyclic) bond motifs is 1. The van der Waals surface area contributed by atoms with Gasteiger partial charge in [0.05, 0.1) is 0 Å². The predicted molar refractivity (Wildman–Crippen MR) is 114 cm³/mol. The number of carbonyl (C=O) groups excluding carboxylic acids is 1. The highest BCUT2D eigenvalue weighted by molar-refractivity contribution is 5.80. The van der Waals surface area contributed by atoms with Gasteiger partial charge in [0.15, 0.2) is 5.96 Å². The first-order valence-corrected chi connectivity index (χ1v) is 10.3. The zero-order chi connectivity index (χ0) is 19.8. The van der Waals surface area contributed by atoms with Crippen LogP contribution in [0.1, 0.15) is 36.8 Å². The molecule has 1 amide bonds. The molecule has 0 aliphatic carbocycles. The van der Waals surface area contributed by atoms with Crippen LogP contribution in [0, 0.1) is 0 Å². The molecule has 6 heteroatoms. The van der Waals surface area contributed by atoms with Gasteiger partial charge in [-0.05, 0) is 30.4 Å². The maximum absolute atomic E-state index is 12.5. The van der Waals surface area contributed by atoms with E-state index in [2.05, 4.69) is 39.2 Å². The highest BCUT2D eigenvalue weighted by atomic mass is 16.2. The molecule has 2 aliphatic heterocycles. The van der Waals surface area contributed by atoms with Gasteiger partial charge in [-0.2, -0.15) is 0 Å². The molecule has 0 unspecified atom stereocenters. The van der Waals surface area contributed by atoms with Crippen LogP contribution in [0.4, 0.5) is 0 Å². The highest BCUT2D eigenvalue weighted by Gasteiger charge is 2.22. The summed E-state index contributed by atoms with van der Waals surface area (Å²) in [5, 5.41) is 6.87. The van der Waals surface area contributed by atoms with E-state index in [-0.39, 0.29) is 5.91 Å². The van der Waals surface area contributed by atoms with Crippen molar-refractivity contribution in [3.05, 3.63) is 48.0 Å². The molecular formula is C22H33N5O. The Bertz CT molecular complexity index is 669. The van der Waals surface area contributed by atoms with E-state index in [4.69, 9.17) is 0 Å². The summed E-state index contributed by atoms with van der Waals surface area (Å²) in [6.45, 7) is 9.21. The second-order valence-corrected chi connectivity index (χ2v) is 7.63. The molecule has 0 bridgehead atoms. The van der Waals surface area contributed by atoms with Gasteiger partial charge in [-0.1, -0.05) is 30.3 Å². The van der Waals surface area contributed by atoms with Gasteiger partial charge in [0.2, 0.25) is 5.91 Å². The van der Waals surface area contributed by atoms with Gasteiger partial charge in [0.1, 0.15) is 0 Å². The van der Waals surface area contributed by atoms with E-state index in [1.165, 1.54) is 11.1 Å². The Labute approximate surface area is 168 Å². The summed E-state index contributed by atoms with van der Waals surface area (Å²) in [5.74, 6) is 1.07. The average Bonchev–Trinajstić information content (AvgIpc) is 3.16. The number of benzene rings is 1. The molecule has 1 saturated heterocycles. The van der Waals surface area contributed by atoms with Crippen LogP contribution in [0.5, 0.6) is 0 Å². The van der Waals surface area contributed by atoms with Crippen molar-refractivity contribution >= 4 is 11.9 Å². The number of nitrogens with zero attached hydrogens (tertiary/aromatic N) is 3. The predicted octanol–water partition coefficient (Wildman–Crippen LogP) is 2.12. The van der Waals surface area contributed by atoms with Crippen LogP contribution in [-0.4, -0.2) is 60.9 Å². The van der Waals surface area contributed by atoms with E-state index in [9.17, 15) is 4.79 Å². The van der Waals surface area contributed by atoms with E-state index in [1.807, 2.05) is 23.1 Å². The summed E-state index contributed by atoms with van der Waals surface area (Å²) in [6.07, 6.45) is 5.57. The molecule has 1 fully saturated rings. The molecule has 1 aromatic rings. The Balaban J connectivity index is 1.32. The minimum Gasteiger partial charge on any atom is -0.356 e. The van der Waals surface area contributed by atoms with Crippen LogP contribution in [0.3, 0.4) is 0 Å². The van der Waals surface area contributed by atoms with Gasteiger partial charge < -0.3 is 15.5 Å². The van der Waals surface area contributed by atoms with Gasteiger partial charge >= 0.3 is 0 Å². The first-order chi connectivity index (χ1) is 13.7. The molecule has 0 aromatic heterocycles. The maximum Gasteiger partial charge on any atom is 0.223 e. The fourth-order valence-corrected chi connectivity index (χ4v) is 3.94. The lowest BCUT2D eigenvalue weighted by atomic mass is 10.1. The lowest BCUT2D eigenvalue weighted by Gasteiger charge is -2.32. The zero-order valence-corrected chi connectivity index (χ0v) is 17.0. The van der Waals surface area contributed by atoms with Crippen molar-refractivity contribution in [2.45, 2.75) is 44.8 Å². The number of amides is 1. The van der Waals surface area contributed by atoms with Crippen LogP contribution in [0.25, 0.3) is 0 Å². The van der Waals surface area contributed by atoms with Crippen molar-refractivity contribution < 1.29 is 4.79 Å². The number of piperidine rings is 1. The highest BCUT2D eigenvalue weighted by Crippen LogP contribution is 2.22. The largest absolute Gasteiger partial charge is 0.356 e. The number of guanidine groups is 1. The van der Waals surface area contributed by atoms with Crippen molar-refractivity contribution in [2.75, 3.05) is 33.2 Å². The van der Waals surface area contributed by atoms with Gasteiger partial charge in [0.25, 0.3) is 0 Å². The van der Waals surface area contributed by atoms with Gasteiger partial charge in [0, 0.05) is 58.8 Å². The normalized spacial score (nSPS) is 18.0. The summed E-state index contributed by atoms with van der Waals surface area (Å²) >= 11 is 0. The molecule has 1 aromatic carbocycles. The number of rotatable bonds is 7. The quantitative estimate of drug-likeness (QED) is 0.328. The maximum atomic E-state index is 12.5. The van der Waals surface area contributed by atoms with E-state index in [1.54, 1.807) is 7.05 Å². The molecule has 2 aliphatic rings. The second-order valence-electron chi connectivity index (χ2n) is 7.63. The smallest absolute Gasteiger partial charge is 0.223 e. The Kier molecular flexibility index (Phi) is 7.48. The fourth-order valence-electron chi connectivity index (χ4n) is 3.94. The Morgan fingerprint density at radius 2 is 1.93 bits per heavy atom. The number of hydrogen-bond acceptors (Lipinski definition) is 3. The molecule has 28 heavy (non-hydrogen) atoms. The van der Waals surface area contributed by atoms with Crippen LogP contribution in [-0.2, 0) is 17.9 Å². The number of likely N-dealkylation sites (tertiary alicyclic amines) is 1. The van der Waals surface area contributed by atoms with Crippen molar-refractivity contribution in [3.63, 3.8) is 0 Å². The first-order valence-electron chi connectivity index (χ1n) is 10.3. The third-order valence-electron chi connectivity index (χ3n) is 5.59. The van der Waals surface area contributed by atoms with Gasteiger partial charge in [-0.3, -0.25) is 14.7 Å². The number of nitrogens with one attached hydrogen (secondary N) is 2. The van der Waals surface area contributed by atoms with E-state index in [0.29, 0.717) is 12.5 Å². The SMILES string of the molecule is C=CCN1CCC(NC(=NC)NCCCC(=O)N2Cc3ccccc3C2)CC1. The zero-order valence-electron chi connectivity index (χ0n) is 17.0. The van der Waals surface area contributed by atoms with Crippen molar-refractivity contribution in [2.24, 2.45) is 4.99 Å². The summed E-state index contributed by atoms with van der Waals surface area (Å²) in [7, 11) is 1.80.